The molecule has 144 valence electrons. The van der Waals surface area contributed by atoms with Gasteiger partial charge in [-0.05, 0) is 17.7 Å². The first kappa shape index (κ1) is 17.4. The molecule has 0 radical (unpaired) electrons. The highest BCUT2D eigenvalue weighted by molar-refractivity contribution is 5.99. The van der Waals surface area contributed by atoms with Gasteiger partial charge < -0.3 is 9.42 Å². The number of benzene rings is 2. The highest BCUT2D eigenvalue weighted by Gasteiger charge is 2.30. The maximum atomic E-state index is 13.1. The Morgan fingerprint density at radius 1 is 1.03 bits per heavy atom. The molecule has 4 aromatic rings. The molecule has 0 unspecified atom stereocenters. The molecule has 5 rings (SSSR count). The standard InChI is InChI=1S/C22H17FN4O2/c23-18-8-6-15(7-9-18)12-27-20-14-26(13-17(20)10-24-27)22(28)19-11-25-29-21(19)16-4-2-1-3-5-16/h1-11H,12-14H2. The molecule has 6 nitrogen and oxygen atoms in total. The lowest BCUT2D eigenvalue weighted by molar-refractivity contribution is 0.0748. The monoisotopic (exact) mass is 388 g/mol. The van der Waals surface area contributed by atoms with Crippen molar-refractivity contribution in [2.24, 2.45) is 0 Å². The molecule has 0 bridgehead atoms. The molecule has 1 amide bonds. The summed E-state index contributed by atoms with van der Waals surface area (Å²) in [6.07, 6.45) is 3.26. The quantitative estimate of drug-likeness (QED) is 0.532. The first-order valence-electron chi connectivity index (χ1n) is 9.26. The molecule has 29 heavy (non-hydrogen) atoms. The molecule has 7 heteroatoms. The zero-order valence-electron chi connectivity index (χ0n) is 15.5. The number of halogens is 1. The van der Waals surface area contributed by atoms with E-state index < -0.39 is 0 Å². The highest BCUT2D eigenvalue weighted by atomic mass is 19.1. The Kier molecular flexibility index (Phi) is 4.20. The van der Waals surface area contributed by atoms with Crippen molar-refractivity contribution >= 4 is 5.91 Å². The van der Waals surface area contributed by atoms with E-state index in [0.717, 1.165) is 22.4 Å². The van der Waals surface area contributed by atoms with E-state index >= 15 is 0 Å². The van der Waals surface area contributed by atoms with Gasteiger partial charge in [0.2, 0.25) is 0 Å². The zero-order valence-corrected chi connectivity index (χ0v) is 15.5. The van der Waals surface area contributed by atoms with Crippen LogP contribution >= 0.6 is 0 Å². The van der Waals surface area contributed by atoms with Gasteiger partial charge in [0.25, 0.3) is 5.91 Å². The van der Waals surface area contributed by atoms with Crippen LogP contribution in [0.25, 0.3) is 11.3 Å². The average molecular weight is 388 g/mol. The maximum absolute atomic E-state index is 13.1. The van der Waals surface area contributed by atoms with Gasteiger partial charge in [0.05, 0.1) is 31.2 Å². The Balaban J connectivity index is 1.36. The van der Waals surface area contributed by atoms with Gasteiger partial charge in [-0.1, -0.05) is 47.6 Å². The summed E-state index contributed by atoms with van der Waals surface area (Å²) in [5.74, 6) is 0.0771. The second-order valence-corrected chi connectivity index (χ2v) is 7.00. The van der Waals surface area contributed by atoms with Crippen molar-refractivity contribution in [1.29, 1.82) is 0 Å². The first-order chi connectivity index (χ1) is 14.2. The van der Waals surface area contributed by atoms with Crippen LogP contribution in [-0.4, -0.2) is 25.7 Å². The molecular formula is C22H17FN4O2. The van der Waals surface area contributed by atoms with Crippen LogP contribution in [0.2, 0.25) is 0 Å². The summed E-state index contributed by atoms with van der Waals surface area (Å²) in [6.45, 7) is 1.46. The number of hydrogen-bond acceptors (Lipinski definition) is 4. The van der Waals surface area contributed by atoms with E-state index in [-0.39, 0.29) is 11.7 Å². The molecule has 0 N–H and O–H groups in total. The minimum absolute atomic E-state index is 0.130. The summed E-state index contributed by atoms with van der Waals surface area (Å²) in [5.41, 5.74) is 4.21. The van der Waals surface area contributed by atoms with Gasteiger partial charge in [-0.15, -0.1) is 0 Å². The molecule has 0 atom stereocenters. The molecule has 0 spiro atoms. The van der Waals surface area contributed by atoms with Crippen LogP contribution in [0.15, 0.2) is 71.5 Å². The van der Waals surface area contributed by atoms with Crippen LogP contribution in [0.4, 0.5) is 4.39 Å². The van der Waals surface area contributed by atoms with Gasteiger partial charge in [0.1, 0.15) is 11.4 Å². The number of aromatic nitrogens is 3. The van der Waals surface area contributed by atoms with Crippen molar-refractivity contribution in [3.8, 4) is 11.3 Å². The van der Waals surface area contributed by atoms with E-state index in [1.165, 1.54) is 18.3 Å². The summed E-state index contributed by atoms with van der Waals surface area (Å²) < 4.78 is 20.4. The van der Waals surface area contributed by atoms with E-state index in [1.54, 1.807) is 23.2 Å². The second-order valence-electron chi connectivity index (χ2n) is 7.00. The molecule has 1 aliphatic rings. The normalized spacial score (nSPS) is 12.9. The minimum atomic E-state index is -0.265. The van der Waals surface area contributed by atoms with Gasteiger partial charge in [-0.25, -0.2) is 4.39 Å². The number of hydrogen-bond donors (Lipinski definition) is 0. The number of carbonyl (C=O) groups is 1. The Morgan fingerprint density at radius 3 is 2.62 bits per heavy atom. The molecule has 3 heterocycles. The molecule has 2 aromatic carbocycles. The van der Waals surface area contributed by atoms with Crippen molar-refractivity contribution in [1.82, 2.24) is 19.8 Å². The summed E-state index contributed by atoms with van der Waals surface area (Å²) >= 11 is 0. The summed E-state index contributed by atoms with van der Waals surface area (Å²) in [7, 11) is 0. The smallest absolute Gasteiger partial charge is 0.260 e. The minimum Gasteiger partial charge on any atom is -0.355 e. The fraction of sp³-hybridized carbons (Fsp3) is 0.136. The van der Waals surface area contributed by atoms with Gasteiger partial charge in [0, 0.05) is 17.7 Å². The highest BCUT2D eigenvalue weighted by Crippen LogP contribution is 2.29. The first-order valence-corrected chi connectivity index (χ1v) is 9.26. The molecule has 1 aliphatic heterocycles. The predicted octanol–water partition coefficient (Wildman–Crippen LogP) is 3.88. The number of fused-ring (bicyclic) bond motifs is 1. The summed E-state index contributed by atoms with van der Waals surface area (Å²) in [6, 6.07) is 15.8. The third-order valence-corrected chi connectivity index (χ3v) is 5.11. The third kappa shape index (κ3) is 3.20. The Hall–Kier alpha value is -3.74. The van der Waals surface area contributed by atoms with E-state index in [0.29, 0.717) is 31.0 Å². The van der Waals surface area contributed by atoms with E-state index in [9.17, 15) is 9.18 Å². The summed E-state index contributed by atoms with van der Waals surface area (Å²) in [4.78, 5) is 14.9. The van der Waals surface area contributed by atoms with E-state index in [1.807, 2.05) is 35.0 Å². The Bertz CT molecular complexity index is 1170. The zero-order chi connectivity index (χ0) is 19.8. The largest absolute Gasteiger partial charge is 0.355 e. The van der Waals surface area contributed by atoms with Gasteiger partial charge in [0.15, 0.2) is 5.76 Å². The maximum Gasteiger partial charge on any atom is 0.260 e. The summed E-state index contributed by atoms with van der Waals surface area (Å²) in [5, 5.41) is 8.27. The van der Waals surface area contributed by atoms with Crippen molar-refractivity contribution in [2.75, 3.05) is 0 Å². The van der Waals surface area contributed by atoms with Crippen LogP contribution < -0.4 is 0 Å². The Morgan fingerprint density at radius 2 is 1.83 bits per heavy atom. The third-order valence-electron chi connectivity index (χ3n) is 5.11. The van der Waals surface area contributed by atoms with Crippen molar-refractivity contribution in [3.05, 3.63) is 95.2 Å². The van der Waals surface area contributed by atoms with Crippen molar-refractivity contribution in [3.63, 3.8) is 0 Å². The van der Waals surface area contributed by atoms with Gasteiger partial charge >= 0.3 is 0 Å². The molecule has 2 aromatic heterocycles. The number of rotatable bonds is 4. The molecule has 0 saturated heterocycles. The number of nitrogens with zero attached hydrogens (tertiary/aromatic N) is 4. The number of carbonyl (C=O) groups excluding carboxylic acids is 1. The topological polar surface area (TPSA) is 64.2 Å². The van der Waals surface area contributed by atoms with Crippen LogP contribution in [0, 0.1) is 5.82 Å². The van der Waals surface area contributed by atoms with E-state index in [4.69, 9.17) is 4.52 Å². The molecule has 0 saturated carbocycles. The molecular weight excluding hydrogens is 371 g/mol. The van der Waals surface area contributed by atoms with Crippen molar-refractivity contribution in [2.45, 2.75) is 19.6 Å². The van der Waals surface area contributed by atoms with Crippen molar-refractivity contribution < 1.29 is 13.7 Å². The van der Waals surface area contributed by atoms with E-state index in [2.05, 4.69) is 10.3 Å². The second kappa shape index (κ2) is 7.01. The SMILES string of the molecule is O=C(c1cnoc1-c1ccccc1)N1Cc2cnn(Cc3ccc(F)cc3)c2C1. The molecule has 0 fully saturated rings. The fourth-order valence-electron chi connectivity index (χ4n) is 3.61. The predicted molar refractivity (Wildman–Crippen MR) is 103 cm³/mol. The lowest BCUT2D eigenvalue weighted by atomic mass is 10.1. The fourth-order valence-corrected chi connectivity index (χ4v) is 3.61. The van der Waals surface area contributed by atoms with Crippen LogP contribution in [0.5, 0.6) is 0 Å². The average Bonchev–Trinajstić information content (AvgIpc) is 3.47. The van der Waals surface area contributed by atoms with Gasteiger partial charge in [-0.3, -0.25) is 9.48 Å². The number of amides is 1. The Labute approximate surface area is 166 Å². The molecule has 0 aliphatic carbocycles. The van der Waals surface area contributed by atoms with Crippen LogP contribution in [0.1, 0.15) is 27.2 Å². The van der Waals surface area contributed by atoms with Gasteiger partial charge in [-0.2, -0.15) is 5.10 Å². The lowest BCUT2D eigenvalue weighted by Gasteiger charge is -2.16. The lowest BCUT2D eigenvalue weighted by Crippen LogP contribution is -2.26. The van der Waals surface area contributed by atoms with Crippen LogP contribution in [-0.2, 0) is 19.6 Å². The van der Waals surface area contributed by atoms with Crippen LogP contribution in [0.3, 0.4) is 0 Å².